The van der Waals surface area contributed by atoms with Gasteiger partial charge >= 0.3 is 0 Å². The molecule has 1 N–H and O–H groups in total. The molecule has 0 bridgehead atoms. The summed E-state index contributed by atoms with van der Waals surface area (Å²) in [5.74, 6) is -0.176. The molecule has 1 aliphatic rings. The zero-order valence-corrected chi connectivity index (χ0v) is 6.44. The summed E-state index contributed by atoms with van der Waals surface area (Å²) in [5.41, 5.74) is 0. The number of hydrogen-bond acceptors (Lipinski definition) is 2. The zero-order chi connectivity index (χ0) is 6.91. The molecule has 0 amide bonds. The van der Waals surface area contributed by atoms with E-state index in [0.717, 1.165) is 0 Å². The summed E-state index contributed by atoms with van der Waals surface area (Å²) < 4.78 is 15.6. The Morgan fingerprint density at radius 2 is 2.44 bits per heavy atom. The second-order valence-electron chi connectivity index (χ2n) is 1.96. The molecule has 1 rings (SSSR count). The summed E-state index contributed by atoms with van der Waals surface area (Å²) >= 11 is 5.27. The van der Waals surface area contributed by atoms with E-state index in [0.29, 0.717) is 6.61 Å². The zero-order valence-electron chi connectivity index (χ0n) is 4.79. The number of ether oxygens (including phenoxy) is 1. The lowest BCUT2D eigenvalue weighted by Gasteiger charge is -2.03. The highest BCUT2D eigenvalue weighted by Crippen LogP contribution is 2.52. The Morgan fingerprint density at radius 3 is 2.78 bits per heavy atom. The number of epoxide rings is 1. The first-order valence-corrected chi connectivity index (χ1v) is 5.11. The Labute approximate surface area is 58.4 Å². The van der Waals surface area contributed by atoms with Crippen molar-refractivity contribution in [2.75, 3.05) is 18.6 Å². The van der Waals surface area contributed by atoms with Gasteiger partial charge in [-0.05, 0) is 0 Å². The summed E-state index contributed by atoms with van der Waals surface area (Å²) in [6.45, 7) is 0.421. The smallest absolute Gasteiger partial charge is 0.232 e. The van der Waals surface area contributed by atoms with E-state index in [2.05, 4.69) is 4.74 Å². The molecule has 0 radical (unpaired) electrons. The highest BCUT2D eigenvalue weighted by Gasteiger charge is 2.40. The Balaban J connectivity index is 2.40. The molecular weight excluding hydrogens is 162 g/mol. The van der Waals surface area contributed by atoms with E-state index >= 15 is 0 Å². The Morgan fingerprint density at radius 1 is 1.89 bits per heavy atom. The Kier molecular flexibility index (Phi) is 2.17. The first-order chi connectivity index (χ1) is 4.17. The lowest BCUT2D eigenvalue weighted by atomic mass is 10.9. The third-order valence-corrected chi connectivity index (χ3v) is 3.69. The van der Waals surface area contributed by atoms with E-state index in [4.69, 9.17) is 16.5 Å². The van der Waals surface area contributed by atoms with Crippen molar-refractivity contribution in [3.63, 3.8) is 0 Å². The van der Waals surface area contributed by atoms with Gasteiger partial charge in [-0.15, -0.1) is 11.6 Å². The predicted molar refractivity (Wildman–Crippen MR) is 35.2 cm³/mol. The second kappa shape index (κ2) is 2.59. The number of hydrogen-bond donors (Lipinski definition) is 1. The first-order valence-electron chi connectivity index (χ1n) is 2.66. The van der Waals surface area contributed by atoms with Crippen molar-refractivity contribution < 1.29 is 14.2 Å². The molecule has 0 aliphatic carbocycles. The molecule has 3 nitrogen and oxygen atoms in total. The van der Waals surface area contributed by atoms with Crippen LogP contribution in [0, 0.1) is 0 Å². The van der Waals surface area contributed by atoms with Gasteiger partial charge in [0, 0.05) is 12.0 Å². The Hall–Kier alpha value is 0.440. The number of halogens is 1. The summed E-state index contributed by atoms with van der Waals surface area (Å²) in [7, 11) is -3.01. The molecule has 2 atom stereocenters. The van der Waals surface area contributed by atoms with E-state index in [1.165, 1.54) is 0 Å². The van der Waals surface area contributed by atoms with Gasteiger partial charge in [-0.25, -0.2) is 0 Å². The second-order valence-corrected chi connectivity index (χ2v) is 4.87. The van der Waals surface area contributed by atoms with Gasteiger partial charge in [0.25, 0.3) is 0 Å². The minimum absolute atomic E-state index is 0.166. The van der Waals surface area contributed by atoms with Crippen molar-refractivity contribution in [2.24, 2.45) is 0 Å². The summed E-state index contributed by atoms with van der Waals surface area (Å²) in [6, 6.07) is 0. The SMILES string of the molecule is O=P(O)(CCCl)C1CO1. The van der Waals surface area contributed by atoms with Crippen LogP contribution in [0.15, 0.2) is 0 Å². The van der Waals surface area contributed by atoms with E-state index in [9.17, 15) is 4.57 Å². The van der Waals surface area contributed by atoms with Gasteiger partial charge in [0.15, 0.2) is 5.85 Å². The van der Waals surface area contributed by atoms with Gasteiger partial charge in [-0.1, -0.05) is 0 Å². The fourth-order valence-electron chi connectivity index (χ4n) is 0.541. The topological polar surface area (TPSA) is 49.8 Å². The molecule has 1 heterocycles. The van der Waals surface area contributed by atoms with Crippen LogP contribution in [-0.2, 0) is 9.30 Å². The molecule has 5 heteroatoms. The van der Waals surface area contributed by atoms with Gasteiger partial charge < -0.3 is 9.63 Å². The van der Waals surface area contributed by atoms with Crippen molar-refractivity contribution in [1.82, 2.24) is 0 Å². The maximum atomic E-state index is 10.9. The molecule has 1 saturated heterocycles. The van der Waals surface area contributed by atoms with Crippen LogP contribution in [0.2, 0.25) is 0 Å². The van der Waals surface area contributed by atoms with Gasteiger partial charge in [0.2, 0.25) is 7.37 Å². The molecule has 2 unspecified atom stereocenters. The third-order valence-electron chi connectivity index (χ3n) is 1.17. The molecule has 54 valence electrons. The summed E-state index contributed by atoms with van der Waals surface area (Å²) in [6.07, 6.45) is 0.166. The maximum absolute atomic E-state index is 10.9. The van der Waals surface area contributed by atoms with Crippen LogP contribution in [-0.4, -0.2) is 29.4 Å². The lowest BCUT2D eigenvalue weighted by molar-refractivity contribution is 0.410. The molecule has 0 aromatic heterocycles. The fraction of sp³-hybridized carbons (Fsp3) is 1.00. The average Bonchev–Trinajstić information content (AvgIpc) is 2.41. The van der Waals surface area contributed by atoms with Gasteiger partial charge in [-0.3, -0.25) is 4.57 Å². The summed E-state index contributed by atoms with van der Waals surface area (Å²) in [4.78, 5) is 9.00. The van der Waals surface area contributed by atoms with Gasteiger partial charge in [0.05, 0.1) is 6.61 Å². The normalized spacial score (nSPS) is 31.6. The van der Waals surface area contributed by atoms with Crippen LogP contribution in [0.4, 0.5) is 0 Å². The van der Waals surface area contributed by atoms with Crippen LogP contribution >= 0.6 is 19.0 Å². The van der Waals surface area contributed by atoms with E-state index < -0.39 is 13.2 Å². The highest BCUT2D eigenvalue weighted by molar-refractivity contribution is 7.59. The van der Waals surface area contributed by atoms with Crippen LogP contribution in [0.25, 0.3) is 0 Å². The molecule has 9 heavy (non-hydrogen) atoms. The molecule has 0 aromatic carbocycles. The molecular formula is C4H8ClO3P. The Bertz CT molecular complexity index is 145. The van der Waals surface area contributed by atoms with Crippen molar-refractivity contribution in [1.29, 1.82) is 0 Å². The van der Waals surface area contributed by atoms with Gasteiger partial charge in [-0.2, -0.15) is 0 Å². The molecule has 0 saturated carbocycles. The maximum Gasteiger partial charge on any atom is 0.232 e. The largest absolute Gasteiger partial charge is 0.362 e. The average molecular weight is 171 g/mol. The minimum Gasteiger partial charge on any atom is -0.362 e. The lowest BCUT2D eigenvalue weighted by Crippen LogP contribution is -1.95. The van der Waals surface area contributed by atoms with Crippen LogP contribution in [0.3, 0.4) is 0 Å². The quantitative estimate of drug-likeness (QED) is 0.388. The van der Waals surface area contributed by atoms with Crippen molar-refractivity contribution in [2.45, 2.75) is 5.85 Å². The van der Waals surface area contributed by atoms with E-state index in [1.54, 1.807) is 0 Å². The van der Waals surface area contributed by atoms with Crippen LogP contribution in [0.5, 0.6) is 0 Å². The van der Waals surface area contributed by atoms with E-state index in [-0.39, 0.29) is 12.0 Å². The van der Waals surface area contributed by atoms with Crippen LogP contribution < -0.4 is 0 Å². The predicted octanol–water partition coefficient (Wildman–Crippen LogP) is 0.852. The number of alkyl halides is 1. The monoisotopic (exact) mass is 170 g/mol. The summed E-state index contributed by atoms with van der Waals surface area (Å²) in [5, 5.41) is 0. The number of rotatable bonds is 3. The molecule has 1 fully saturated rings. The van der Waals surface area contributed by atoms with Crippen molar-refractivity contribution in [3.05, 3.63) is 0 Å². The first kappa shape index (κ1) is 7.55. The highest BCUT2D eigenvalue weighted by atomic mass is 35.5. The van der Waals surface area contributed by atoms with Crippen molar-refractivity contribution >= 4 is 19.0 Å². The third kappa shape index (κ3) is 1.94. The molecule has 1 aliphatic heterocycles. The minimum atomic E-state index is -3.01. The van der Waals surface area contributed by atoms with E-state index in [1.807, 2.05) is 0 Å². The molecule has 0 spiro atoms. The van der Waals surface area contributed by atoms with Crippen LogP contribution in [0.1, 0.15) is 0 Å². The molecule has 0 aromatic rings. The van der Waals surface area contributed by atoms with Crippen molar-refractivity contribution in [3.8, 4) is 0 Å². The van der Waals surface area contributed by atoms with Gasteiger partial charge in [0.1, 0.15) is 0 Å². The standard InChI is InChI=1S/C4H8ClO3P/c5-1-2-9(6,7)4-3-8-4/h4H,1-3H2,(H,6,7). The fourth-order valence-corrected chi connectivity index (χ4v) is 2.35.